The number of nitrogens with zero attached hydrogens (tertiary/aromatic N) is 3. The monoisotopic (exact) mass is 499 g/mol. The molecule has 1 fully saturated rings. The molecule has 36 heavy (non-hydrogen) atoms. The van der Waals surface area contributed by atoms with Crippen LogP contribution in [-0.4, -0.2) is 55.3 Å². The van der Waals surface area contributed by atoms with Crippen LogP contribution < -0.4 is 0 Å². The molecule has 0 radical (unpaired) electrons. The fourth-order valence-electron chi connectivity index (χ4n) is 4.61. The summed E-state index contributed by atoms with van der Waals surface area (Å²) in [7, 11) is -3.59. The molecule has 1 aliphatic heterocycles. The van der Waals surface area contributed by atoms with Crippen LogP contribution >= 0.6 is 0 Å². The highest BCUT2D eigenvalue weighted by Gasteiger charge is 2.23. The summed E-state index contributed by atoms with van der Waals surface area (Å²) < 4.78 is 26.3. The molecule has 1 aliphatic rings. The van der Waals surface area contributed by atoms with Crippen molar-refractivity contribution in [1.29, 1.82) is 0 Å². The van der Waals surface area contributed by atoms with Crippen molar-refractivity contribution in [3.63, 3.8) is 0 Å². The lowest BCUT2D eigenvalue weighted by Crippen LogP contribution is -2.48. The lowest BCUT2D eigenvalue weighted by molar-refractivity contribution is 0.0628. The Balaban J connectivity index is 1.21. The van der Waals surface area contributed by atoms with Gasteiger partial charge in [0.2, 0.25) is 0 Å². The maximum atomic E-state index is 13.1. The number of carbonyl (C=O) groups excluding carboxylic acids is 1. The van der Waals surface area contributed by atoms with Crippen LogP contribution in [0.25, 0.3) is 10.9 Å². The first kappa shape index (κ1) is 24.2. The highest BCUT2D eigenvalue weighted by atomic mass is 32.2. The van der Waals surface area contributed by atoms with Crippen molar-refractivity contribution in [3.05, 3.63) is 107 Å². The summed E-state index contributed by atoms with van der Waals surface area (Å²) in [6.45, 7) is 5.98. The molecule has 0 saturated carbocycles. The Morgan fingerprint density at radius 2 is 1.50 bits per heavy atom. The van der Waals surface area contributed by atoms with E-state index in [9.17, 15) is 13.2 Å². The SMILES string of the molecule is Cc1ccc(CN2CCN(C(=O)c3ccc(CS(=O)(=O)c4cccc5cccnc45)cc3)CC2)cc1. The minimum absolute atomic E-state index is 0.0161. The maximum Gasteiger partial charge on any atom is 0.253 e. The molecule has 3 aromatic carbocycles. The normalized spacial score (nSPS) is 14.8. The predicted octanol–water partition coefficient (Wildman–Crippen LogP) is 4.48. The fraction of sp³-hybridized carbons (Fsp3) is 0.241. The summed E-state index contributed by atoms with van der Waals surface area (Å²) in [5.41, 5.74) is 4.24. The molecule has 4 aromatic rings. The van der Waals surface area contributed by atoms with Crippen molar-refractivity contribution in [2.75, 3.05) is 26.2 Å². The summed E-state index contributed by atoms with van der Waals surface area (Å²) in [6.07, 6.45) is 1.60. The van der Waals surface area contributed by atoms with E-state index in [-0.39, 0.29) is 16.6 Å². The van der Waals surface area contributed by atoms with Gasteiger partial charge in [-0.1, -0.05) is 60.2 Å². The Morgan fingerprint density at radius 3 is 2.22 bits per heavy atom. The number of amides is 1. The van der Waals surface area contributed by atoms with Crippen LogP contribution in [-0.2, 0) is 22.1 Å². The Hall–Kier alpha value is -3.55. The zero-order chi connectivity index (χ0) is 25.1. The molecule has 0 atom stereocenters. The second kappa shape index (κ2) is 10.2. The molecule has 6 nitrogen and oxygen atoms in total. The highest BCUT2D eigenvalue weighted by Crippen LogP contribution is 2.24. The van der Waals surface area contributed by atoms with Gasteiger partial charge in [0, 0.05) is 49.9 Å². The highest BCUT2D eigenvalue weighted by molar-refractivity contribution is 7.90. The minimum atomic E-state index is -3.59. The van der Waals surface area contributed by atoms with Crippen LogP contribution in [0.1, 0.15) is 27.0 Å². The van der Waals surface area contributed by atoms with E-state index in [1.54, 1.807) is 48.7 Å². The number of aryl methyl sites for hydroxylation is 1. The van der Waals surface area contributed by atoms with E-state index in [2.05, 4.69) is 41.1 Å². The summed E-state index contributed by atoms with van der Waals surface area (Å²) >= 11 is 0. The van der Waals surface area contributed by atoms with Crippen LogP contribution in [0, 0.1) is 6.92 Å². The molecule has 0 spiro atoms. The quantitative estimate of drug-likeness (QED) is 0.391. The standard InChI is InChI=1S/C29H29N3O3S/c1-22-7-9-23(10-8-22)20-31-16-18-32(19-17-31)29(33)26-13-11-24(12-14-26)21-36(34,35)27-6-2-4-25-5-3-15-30-28(25)27/h2-15H,16-21H2,1H3. The number of fused-ring (bicyclic) bond motifs is 1. The lowest BCUT2D eigenvalue weighted by Gasteiger charge is -2.34. The Bertz CT molecular complexity index is 1470. The van der Waals surface area contributed by atoms with E-state index in [4.69, 9.17) is 0 Å². The number of hydrogen-bond acceptors (Lipinski definition) is 5. The molecule has 0 N–H and O–H groups in total. The first-order valence-corrected chi connectivity index (χ1v) is 13.8. The number of pyridine rings is 1. The fourth-order valence-corrected chi connectivity index (χ4v) is 6.15. The Kier molecular flexibility index (Phi) is 6.85. The van der Waals surface area contributed by atoms with Gasteiger partial charge in [-0.2, -0.15) is 0 Å². The zero-order valence-corrected chi connectivity index (χ0v) is 21.1. The number of carbonyl (C=O) groups is 1. The van der Waals surface area contributed by atoms with E-state index >= 15 is 0 Å². The average Bonchev–Trinajstić information content (AvgIpc) is 2.90. The molecule has 7 heteroatoms. The second-order valence-corrected chi connectivity index (χ2v) is 11.3. The van der Waals surface area contributed by atoms with E-state index in [1.807, 2.05) is 17.0 Å². The Labute approximate surface area is 212 Å². The van der Waals surface area contributed by atoms with Crippen molar-refractivity contribution in [2.24, 2.45) is 0 Å². The van der Waals surface area contributed by atoms with Crippen LogP contribution in [0.4, 0.5) is 0 Å². The van der Waals surface area contributed by atoms with E-state index in [1.165, 1.54) is 11.1 Å². The second-order valence-electron chi connectivity index (χ2n) is 9.34. The number of hydrogen-bond donors (Lipinski definition) is 0. The zero-order valence-electron chi connectivity index (χ0n) is 20.3. The molecular weight excluding hydrogens is 470 g/mol. The van der Waals surface area contributed by atoms with Crippen molar-refractivity contribution in [1.82, 2.24) is 14.8 Å². The van der Waals surface area contributed by atoms with Crippen molar-refractivity contribution >= 4 is 26.6 Å². The van der Waals surface area contributed by atoms with Gasteiger partial charge in [0.05, 0.1) is 16.2 Å². The van der Waals surface area contributed by atoms with Gasteiger partial charge in [-0.3, -0.25) is 14.7 Å². The van der Waals surface area contributed by atoms with Crippen LogP contribution in [0.5, 0.6) is 0 Å². The number of benzene rings is 3. The van der Waals surface area contributed by atoms with Crippen LogP contribution in [0.15, 0.2) is 90.0 Å². The van der Waals surface area contributed by atoms with Gasteiger partial charge in [-0.15, -0.1) is 0 Å². The molecule has 1 aromatic heterocycles. The molecule has 0 aliphatic carbocycles. The third-order valence-electron chi connectivity index (χ3n) is 6.67. The van der Waals surface area contributed by atoms with Crippen molar-refractivity contribution in [3.8, 4) is 0 Å². The summed E-state index contributed by atoms with van der Waals surface area (Å²) in [5.74, 6) is -0.160. The molecule has 1 saturated heterocycles. The molecule has 2 heterocycles. The van der Waals surface area contributed by atoms with Crippen LogP contribution in [0.3, 0.4) is 0 Å². The maximum absolute atomic E-state index is 13.1. The molecular formula is C29H29N3O3S. The van der Waals surface area contributed by atoms with Gasteiger partial charge in [-0.05, 0) is 42.3 Å². The van der Waals surface area contributed by atoms with Gasteiger partial charge in [-0.25, -0.2) is 8.42 Å². The van der Waals surface area contributed by atoms with Gasteiger partial charge in [0.15, 0.2) is 9.84 Å². The summed E-state index contributed by atoms with van der Waals surface area (Å²) in [5, 5.41) is 0.790. The lowest BCUT2D eigenvalue weighted by atomic mass is 10.1. The molecule has 0 bridgehead atoms. The topological polar surface area (TPSA) is 70.6 Å². The van der Waals surface area contributed by atoms with E-state index < -0.39 is 9.84 Å². The van der Waals surface area contributed by atoms with E-state index in [0.29, 0.717) is 29.7 Å². The van der Waals surface area contributed by atoms with Gasteiger partial charge < -0.3 is 4.90 Å². The van der Waals surface area contributed by atoms with Crippen LogP contribution in [0.2, 0.25) is 0 Å². The van der Waals surface area contributed by atoms with E-state index in [0.717, 1.165) is 25.0 Å². The molecule has 0 unspecified atom stereocenters. The van der Waals surface area contributed by atoms with Crippen molar-refractivity contribution in [2.45, 2.75) is 24.1 Å². The van der Waals surface area contributed by atoms with Gasteiger partial charge in [0.25, 0.3) is 5.91 Å². The smallest absolute Gasteiger partial charge is 0.253 e. The predicted molar refractivity (Wildman–Crippen MR) is 141 cm³/mol. The molecule has 1 amide bonds. The largest absolute Gasteiger partial charge is 0.336 e. The number of rotatable bonds is 6. The third kappa shape index (κ3) is 5.32. The van der Waals surface area contributed by atoms with Crippen molar-refractivity contribution < 1.29 is 13.2 Å². The number of para-hydroxylation sites is 1. The number of aromatic nitrogens is 1. The Morgan fingerprint density at radius 1 is 0.833 bits per heavy atom. The third-order valence-corrected chi connectivity index (χ3v) is 8.39. The van der Waals surface area contributed by atoms with Gasteiger partial charge >= 0.3 is 0 Å². The molecule has 184 valence electrons. The summed E-state index contributed by atoms with van der Waals surface area (Å²) in [4.78, 5) is 21.8. The van der Waals surface area contributed by atoms with Gasteiger partial charge in [0.1, 0.15) is 0 Å². The number of sulfone groups is 1. The molecule has 5 rings (SSSR count). The minimum Gasteiger partial charge on any atom is -0.336 e. The average molecular weight is 500 g/mol. The first-order chi connectivity index (χ1) is 17.4. The summed E-state index contributed by atoms with van der Waals surface area (Å²) in [6, 6.07) is 24.3. The number of piperazine rings is 1. The first-order valence-electron chi connectivity index (χ1n) is 12.1.